The van der Waals surface area contributed by atoms with Gasteiger partial charge in [0.05, 0.1) is 5.56 Å². The fraction of sp³-hybridized carbons (Fsp3) is 0.286. The van der Waals surface area contributed by atoms with Crippen LogP contribution >= 0.6 is 15.9 Å². The number of carbonyl (C=O) groups is 2. The highest BCUT2D eigenvalue weighted by Crippen LogP contribution is 2.23. The number of terminal acetylenes is 1. The van der Waals surface area contributed by atoms with Gasteiger partial charge in [0.25, 0.3) is 5.91 Å². The van der Waals surface area contributed by atoms with Gasteiger partial charge in [-0.05, 0) is 47.0 Å². The third kappa shape index (κ3) is 3.83. The van der Waals surface area contributed by atoms with E-state index in [1.165, 1.54) is 0 Å². The quantitative estimate of drug-likeness (QED) is 0.828. The number of hydrogen-bond donors (Lipinski definition) is 2. The number of amides is 2. The van der Waals surface area contributed by atoms with E-state index in [1.54, 1.807) is 6.07 Å². The molecule has 100 valence electrons. The largest absolute Gasteiger partial charge is 0.368 e. The van der Waals surface area contributed by atoms with Crippen molar-refractivity contribution in [2.75, 3.05) is 0 Å². The molecule has 0 radical (unpaired) electrons. The van der Waals surface area contributed by atoms with Crippen molar-refractivity contribution in [1.82, 2.24) is 5.32 Å². The zero-order valence-corrected chi connectivity index (χ0v) is 12.4. The molecule has 2 amide bonds. The first-order valence-corrected chi connectivity index (χ1v) is 6.46. The van der Waals surface area contributed by atoms with E-state index in [4.69, 9.17) is 12.2 Å². The van der Waals surface area contributed by atoms with Crippen molar-refractivity contribution in [3.05, 3.63) is 33.3 Å². The molecule has 4 nitrogen and oxygen atoms in total. The Morgan fingerprint density at radius 2 is 2.11 bits per heavy atom. The number of nitrogens with two attached hydrogens (primary N) is 1. The maximum atomic E-state index is 12.1. The van der Waals surface area contributed by atoms with Crippen LogP contribution in [0, 0.1) is 26.2 Å². The minimum atomic E-state index is -0.856. The molecule has 0 heterocycles. The summed E-state index contributed by atoms with van der Waals surface area (Å²) in [6.07, 6.45) is 5.21. The van der Waals surface area contributed by atoms with Gasteiger partial charge in [-0.1, -0.05) is 6.07 Å². The van der Waals surface area contributed by atoms with Crippen LogP contribution < -0.4 is 11.1 Å². The van der Waals surface area contributed by atoms with Crippen molar-refractivity contribution in [3.63, 3.8) is 0 Å². The number of nitrogens with one attached hydrogen (secondary N) is 1. The summed E-state index contributed by atoms with van der Waals surface area (Å²) < 4.78 is 0.694. The average Bonchev–Trinajstić information content (AvgIpc) is 2.32. The molecule has 5 heteroatoms. The molecule has 1 aromatic rings. The van der Waals surface area contributed by atoms with E-state index in [1.807, 2.05) is 19.9 Å². The van der Waals surface area contributed by atoms with Crippen LogP contribution in [0.1, 0.15) is 27.9 Å². The Morgan fingerprint density at radius 1 is 1.47 bits per heavy atom. The zero-order valence-electron chi connectivity index (χ0n) is 10.8. The standard InChI is InChI=1S/C14H15BrN2O2/c1-4-5-11(13(16)18)17-14(19)10-7-8(2)6-9(3)12(10)15/h1,6-7,11H,5H2,2-3H3,(H2,16,18)(H,17,19)/t11-/m1/s1. The maximum absolute atomic E-state index is 12.1. The van der Waals surface area contributed by atoms with Gasteiger partial charge in [0.1, 0.15) is 6.04 Å². The lowest BCUT2D eigenvalue weighted by atomic mass is 10.1. The van der Waals surface area contributed by atoms with E-state index in [-0.39, 0.29) is 12.3 Å². The van der Waals surface area contributed by atoms with Crippen LogP contribution in [0.25, 0.3) is 0 Å². The number of halogens is 1. The number of primary amides is 1. The molecule has 0 bridgehead atoms. The number of carbonyl (C=O) groups excluding carboxylic acids is 2. The van der Waals surface area contributed by atoms with Gasteiger partial charge in [-0.3, -0.25) is 9.59 Å². The molecular weight excluding hydrogens is 308 g/mol. The van der Waals surface area contributed by atoms with Crippen LogP contribution in [0.15, 0.2) is 16.6 Å². The molecule has 0 aromatic heterocycles. The van der Waals surface area contributed by atoms with Gasteiger partial charge in [0, 0.05) is 10.9 Å². The molecule has 0 saturated heterocycles. The molecule has 0 fully saturated rings. The minimum Gasteiger partial charge on any atom is -0.368 e. The van der Waals surface area contributed by atoms with Crippen LogP contribution in [0.5, 0.6) is 0 Å². The first kappa shape index (κ1) is 15.3. The third-order valence-corrected chi connectivity index (χ3v) is 3.67. The van der Waals surface area contributed by atoms with Crippen molar-refractivity contribution < 1.29 is 9.59 Å². The molecule has 0 aliphatic rings. The SMILES string of the molecule is C#CC[C@@H](NC(=O)c1cc(C)cc(C)c1Br)C(N)=O. The Hall–Kier alpha value is -1.80. The zero-order chi connectivity index (χ0) is 14.6. The monoisotopic (exact) mass is 322 g/mol. The van der Waals surface area contributed by atoms with Gasteiger partial charge < -0.3 is 11.1 Å². The minimum absolute atomic E-state index is 0.0729. The Morgan fingerprint density at radius 3 is 2.63 bits per heavy atom. The number of aryl methyl sites for hydroxylation is 2. The summed E-state index contributed by atoms with van der Waals surface area (Å²) in [5.41, 5.74) is 7.54. The van der Waals surface area contributed by atoms with E-state index in [9.17, 15) is 9.59 Å². The van der Waals surface area contributed by atoms with Gasteiger partial charge in [-0.2, -0.15) is 0 Å². The van der Waals surface area contributed by atoms with Gasteiger partial charge >= 0.3 is 0 Å². The van der Waals surface area contributed by atoms with E-state index < -0.39 is 11.9 Å². The summed E-state index contributed by atoms with van der Waals surface area (Å²) in [7, 11) is 0. The van der Waals surface area contributed by atoms with E-state index in [0.717, 1.165) is 11.1 Å². The summed E-state index contributed by atoms with van der Waals surface area (Å²) in [4.78, 5) is 23.3. The molecule has 0 aliphatic heterocycles. The predicted molar refractivity (Wildman–Crippen MR) is 77.5 cm³/mol. The van der Waals surface area contributed by atoms with Crippen LogP contribution in [0.4, 0.5) is 0 Å². The molecule has 0 aliphatic carbocycles. The van der Waals surface area contributed by atoms with Crippen LogP contribution in [0.2, 0.25) is 0 Å². The second-order valence-corrected chi connectivity index (χ2v) is 5.07. The van der Waals surface area contributed by atoms with Crippen molar-refractivity contribution in [3.8, 4) is 12.3 Å². The van der Waals surface area contributed by atoms with E-state index in [0.29, 0.717) is 10.0 Å². The average molecular weight is 323 g/mol. The first-order valence-electron chi connectivity index (χ1n) is 5.67. The molecule has 1 aromatic carbocycles. The second-order valence-electron chi connectivity index (χ2n) is 4.28. The lowest BCUT2D eigenvalue weighted by molar-refractivity contribution is -0.119. The van der Waals surface area contributed by atoms with Crippen molar-refractivity contribution in [2.45, 2.75) is 26.3 Å². The Balaban J connectivity index is 3.01. The van der Waals surface area contributed by atoms with Gasteiger partial charge in [0.15, 0.2) is 0 Å². The summed E-state index contributed by atoms with van der Waals surface area (Å²) in [6, 6.07) is 2.83. The van der Waals surface area contributed by atoms with Gasteiger partial charge in [-0.25, -0.2) is 0 Å². The Labute approximate surface area is 120 Å². The highest BCUT2D eigenvalue weighted by atomic mass is 79.9. The maximum Gasteiger partial charge on any atom is 0.253 e. The lowest BCUT2D eigenvalue weighted by Gasteiger charge is -2.14. The molecule has 19 heavy (non-hydrogen) atoms. The topological polar surface area (TPSA) is 72.2 Å². The summed E-state index contributed by atoms with van der Waals surface area (Å²) in [5.74, 6) is 1.29. The normalized spacial score (nSPS) is 11.5. The van der Waals surface area contributed by atoms with Crippen LogP contribution in [0.3, 0.4) is 0 Å². The fourth-order valence-electron chi connectivity index (χ4n) is 1.69. The summed E-state index contributed by atoms with van der Waals surface area (Å²) >= 11 is 3.36. The Kier molecular flexibility index (Phi) is 5.13. The van der Waals surface area contributed by atoms with Crippen molar-refractivity contribution in [2.24, 2.45) is 5.73 Å². The predicted octanol–water partition coefficient (Wildman–Crippen LogP) is 1.67. The molecule has 1 rings (SSSR count). The smallest absolute Gasteiger partial charge is 0.253 e. The molecule has 1 atom stereocenters. The van der Waals surface area contributed by atoms with Gasteiger partial charge in [0.2, 0.25) is 5.91 Å². The van der Waals surface area contributed by atoms with Crippen LogP contribution in [-0.2, 0) is 4.79 Å². The number of benzene rings is 1. The van der Waals surface area contributed by atoms with Crippen LogP contribution in [-0.4, -0.2) is 17.9 Å². The lowest BCUT2D eigenvalue weighted by Crippen LogP contribution is -2.44. The summed E-state index contributed by atoms with van der Waals surface area (Å²) in [6.45, 7) is 3.78. The molecule has 3 N–H and O–H groups in total. The second kappa shape index (κ2) is 6.39. The van der Waals surface area contributed by atoms with E-state index in [2.05, 4.69) is 27.2 Å². The van der Waals surface area contributed by atoms with Crippen molar-refractivity contribution in [1.29, 1.82) is 0 Å². The number of hydrogen-bond acceptors (Lipinski definition) is 2. The molecule has 0 unspecified atom stereocenters. The highest BCUT2D eigenvalue weighted by Gasteiger charge is 2.20. The highest BCUT2D eigenvalue weighted by molar-refractivity contribution is 9.10. The van der Waals surface area contributed by atoms with Gasteiger partial charge in [-0.15, -0.1) is 12.3 Å². The first-order chi connectivity index (χ1) is 8.86. The third-order valence-electron chi connectivity index (χ3n) is 2.61. The summed E-state index contributed by atoms with van der Waals surface area (Å²) in [5, 5.41) is 2.54. The molecule has 0 saturated carbocycles. The molecular formula is C14H15BrN2O2. The van der Waals surface area contributed by atoms with Crippen molar-refractivity contribution >= 4 is 27.7 Å². The Bertz CT molecular complexity index is 561. The number of rotatable bonds is 4. The fourth-order valence-corrected chi connectivity index (χ4v) is 2.10. The van der Waals surface area contributed by atoms with E-state index >= 15 is 0 Å². The molecule has 0 spiro atoms.